The summed E-state index contributed by atoms with van der Waals surface area (Å²) in [6.07, 6.45) is 1.85. The average molecular weight is 372 g/mol. The maximum atomic E-state index is 11.9. The predicted octanol–water partition coefficient (Wildman–Crippen LogP) is 2.87. The van der Waals surface area contributed by atoms with E-state index >= 15 is 0 Å². The Bertz CT molecular complexity index is 735. The highest BCUT2D eigenvalue weighted by Crippen LogP contribution is 2.27. The molecule has 0 atom stereocenters. The molecule has 2 rings (SSSR count). The second-order valence-corrected chi connectivity index (χ2v) is 6.14. The van der Waals surface area contributed by atoms with Crippen molar-refractivity contribution in [3.63, 3.8) is 0 Å². The quantitative estimate of drug-likeness (QED) is 0.698. The molecule has 0 saturated heterocycles. The fraction of sp³-hybridized carbons (Fsp3) is 0.300. The van der Waals surface area contributed by atoms with Crippen LogP contribution in [0.25, 0.3) is 0 Å². The summed E-state index contributed by atoms with van der Waals surface area (Å²) in [6, 6.07) is 15.7. The number of nitrogens with one attached hydrogen (secondary N) is 2. The number of methoxy groups -OCH3 is 2. The summed E-state index contributed by atoms with van der Waals surface area (Å²) in [5.41, 5.74) is 2.23. The topological polar surface area (TPSA) is 59.6 Å². The van der Waals surface area contributed by atoms with Crippen molar-refractivity contribution in [1.29, 1.82) is 0 Å². The van der Waals surface area contributed by atoms with Crippen molar-refractivity contribution < 1.29 is 14.3 Å². The van der Waals surface area contributed by atoms with E-state index in [9.17, 15) is 4.79 Å². The third kappa shape index (κ3) is 6.37. The Morgan fingerprint density at radius 3 is 2.38 bits per heavy atom. The SMILES string of the molecule is COc1ccc(CCNC(=S)NC(=O)CCc2ccccc2)cc1OC. The molecule has 2 aromatic rings. The summed E-state index contributed by atoms with van der Waals surface area (Å²) in [5, 5.41) is 6.12. The molecule has 0 fully saturated rings. The van der Waals surface area contributed by atoms with Crippen LogP contribution in [-0.2, 0) is 17.6 Å². The van der Waals surface area contributed by atoms with Gasteiger partial charge in [-0.2, -0.15) is 0 Å². The molecule has 0 bridgehead atoms. The first-order valence-corrected chi connectivity index (χ1v) is 8.85. The average Bonchev–Trinajstić information content (AvgIpc) is 2.67. The molecule has 2 N–H and O–H groups in total. The zero-order valence-corrected chi connectivity index (χ0v) is 15.9. The highest BCUT2D eigenvalue weighted by molar-refractivity contribution is 7.80. The molecule has 0 saturated carbocycles. The third-order valence-electron chi connectivity index (χ3n) is 3.88. The highest BCUT2D eigenvalue weighted by atomic mass is 32.1. The molecule has 138 valence electrons. The van der Waals surface area contributed by atoms with E-state index in [1.807, 2.05) is 48.5 Å². The fourth-order valence-electron chi connectivity index (χ4n) is 2.49. The zero-order valence-electron chi connectivity index (χ0n) is 15.1. The molecule has 5 nitrogen and oxygen atoms in total. The molecule has 0 aromatic heterocycles. The molecule has 26 heavy (non-hydrogen) atoms. The van der Waals surface area contributed by atoms with E-state index in [1.165, 1.54) is 0 Å². The predicted molar refractivity (Wildman–Crippen MR) is 107 cm³/mol. The van der Waals surface area contributed by atoms with Crippen molar-refractivity contribution in [1.82, 2.24) is 10.6 Å². The van der Waals surface area contributed by atoms with Gasteiger partial charge in [0, 0.05) is 13.0 Å². The lowest BCUT2D eigenvalue weighted by molar-refractivity contribution is -0.119. The number of carbonyl (C=O) groups is 1. The van der Waals surface area contributed by atoms with E-state index in [2.05, 4.69) is 10.6 Å². The summed E-state index contributed by atoms with van der Waals surface area (Å²) in [7, 11) is 3.22. The Morgan fingerprint density at radius 1 is 0.962 bits per heavy atom. The summed E-state index contributed by atoms with van der Waals surface area (Å²) in [4.78, 5) is 11.9. The summed E-state index contributed by atoms with van der Waals surface area (Å²) >= 11 is 5.18. The van der Waals surface area contributed by atoms with Gasteiger partial charge in [-0.3, -0.25) is 4.79 Å². The van der Waals surface area contributed by atoms with Crippen LogP contribution in [0.2, 0.25) is 0 Å². The Kier molecular flexibility index (Phi) is 7.89. The molecular weight excluding hydrogens is 348 g/mol. The maximum Gasteiger partial charge on any atom is 0.226 e. The monoisotopic (exact) mass is 372 g/mol. The summed E-state index contributed by atoms with van der Waals surface area (Å²) < 4.78 is 10.5. The Morgan fingerprint density at radius 2 is 1.69 bits per heavy atom. The van der Waals surface area contributed by atoms with Crippen molar-refractivity contribution in [2.45, 2.75) is 19.3 Å². The number of carbonyl (C=O) groups excluding carboxylic acids is 1. The first-order valence-electron chi connectivity index (χ1n) is 8.45. The van der Waals surface area contributed by atoms with Crippen LogP contribution in [-0.4, -0.2) is 31.8 Å². The Labute approximate surface area is 159 Å². The van der Waals surface area contributed by atoms with Crippen molar-refractivity contribution in [2.24, 2.45) is 0 Å². The van der Waals surface area contributed by atoms with Crippen LogP contribution in [0.5, 0.6) is 11.5 Å². The molecular formula is C20H24N2O3S. The lowest BCUT2D eigenvalue weighted by Gasteiger charge is -2.11. The molecule has 0 heterocycles. The lowest BCUT2D eigenvalue weighted by atomic mass is 10.1. The molecule has 0 unspecified atom stereocenters. The molecule has 0 radical (unpaired) electrons. The number of amides is 1. The number of ether oxygens (including phenoxy) is 2. The largest absolute Gasteiger partial charge is 0.493 e. The standard InChI is InChI=1S/C20H24N2O3S/c1-24-17-10-8-16(14-18(17)25-2)12-13-21-20(26)22-19(23)11-9-15-6-4-3-5-7-15/h3-8,10,14H,9,11-13H2,1-2H3,(H2,21,22,23,26). The second kappa shape index (κ2) is 10.4. The normalized spacial score (nSPS) is 10.1. The van der Waals surface area contributed by atoms with Gasteiger partial charge in [0.1, 0.15) is 0 Å². The molecule has 0 aliphatic heterocycles. The molecule has 0 spiro atoms. The van der Waals surface area contributed by atoms with Gasteiger partial charge in [0.25, 0.3) is 0 Å². The molecule has 2 aromatic carbocycles. The van der Waals surface area contributed by atoms with Gasteiger partial charge in [0.15, 0.2) is 16.6 Å². The second-order valence-electron chi connectivity index (χ2n) is 5.73. The Balaban J connectivity index is 1.70. The first-order chi connectivity index (χ1) is 12.6. The van der Waals surface area contributed by atoms with E-state index in [0.29, 0.717) is 36.0 Å². The van der Waals surface area contributed by atoms with E-state index in [0.717, 1.165) is 17.5 Å². The lowest BCUT2D eigenvalue weighted by Crippen LogP contribution is -2.40. The van der Waals surface area contributed by atoms with Crippen molar-refractivity contribution in [3.05, 3.63) is 59.7 Å². The van der Waals surface area contributed by atoms with Crippen LogP contribution in [0.15, 0.2) is 48.5 Å². The number of benzene rings is 2. The number of thiocarbonyl (C=S) groups is 1. The van der Waals surface area contributed by atoms with Gasteiger partial charge in [0.05, 0.1) is 14.2 Å². The van der Waals surface area contributed by atoms with Gasteiger partial charge in [-0.15, -0.1) is 0 Å². The molecule has 0 aliphatic carbocycles. The molecule has 6 heteroatoms. The maximum absolute atomic E-state index is 11.9. The van der Waals surface area contributed by atoms with E-state index < -0.39 is 0 Å². The van der Waals surface area contributed by atoms with Crippen molar-refractivity contribution in [2.75, 3.05) is 20.8 Å². The zero-order chi connectivity index (χ0) is 18.8. The number of hydrogen-bond donors (Lipinski definition) is 2. The number of hydrogen-bond acceptors (Lipinski definition) is 4. The van der Waals surface area contributed by atoms with Gasteiger partial charge in [0.2, 0.25) is 5.91 Å². The van der Waals surface area contributed by atoms with Gasteiger partial charge in [-0.05, 0) is 48.3 Å². The third-order valence-corrected chi connectivity index (χ3v) is 4.13. The molecule has 1 amide bonds. The van der Waals surface area contributed by atoms with Gasteiger partial charge in [-0.1, -0.05) is 36.4 Å². The van der Waals surface area contributed by atoms with Gasteiger partial charge >= 0.3 is 0 Å². The smallest absolute Gasteiger partial charge is 0.226 e. The Hall–Kier alpha value is -2.60. The van der Waals surface area contributed by atoms with Crippen LogP contribution in [0.4, 0.5) is 0 Å². The summed E-state index contributed by atoms with van der Waals surface area (Å²) in [6.45, 7) is 0.618. The number of aryl methyl sites for hydroxylation is 1. The van der Waals surface area contributed by atoms with Crippen LogP contribution in [0.1, 0.15) is 17.5 Å². The highest BCUT2D eigenvalue weighted by Gasteiger charge is 2.07. The number of rotatable bonds is 8. The van der Waals surface area contributed by atoms with Crippen LogP contribution >= 0.6 is 12.2 Å². The van der Waals surface area contributed by atoms with E-state index in [4.69, 9.17) is 21.7 Å². The van der Waals surface area contributed by atoms with Crippen LogP contribution in [0.3, 0.4) is 0 Å². The van der Waals surface area contributed by atoms with Crippen molar-refractivity contribution in [3.8, 4) is 11.5 Å². The van der Waals surface area contributed by atoms with Crippen LogP contribution in [0, 0.1) is 0 Å². The van der Waals surface area contributed by atoms with Gasteiger partial charge in [-0.25, -0.2) is 0 Å². The van der Waals surface area contributed by atoms with E-state index in [-0.39, 0.29) is 5.91 Å². The van der Waals surface area contributed by atoms with Crippen LogP contribution < -0.4 is 20.1 Å². The first kappa shape index (κ1) is 19.7. The summed E-state index contributed by atoms with van der Waals surface area (Å²) in [5.74, 6) is 1.31. The fourth-order valence-corrected chi connectivity index (χ4v) is 2.71. The minimum Gasteiger partial charge on any atom is -0.493 e. The molecule has 0 aliphatic rings. The minimum absolute atomic E-state index is 0.0857. The van der Waals surface area contributed by atoms with E-state index in [1.54, 1.807) is 14.2 Å². The van der Waals surface area contributed by atoms with Crippen molar-refractivity contribution >= 4 is 23.2 Å². The van der Waals surface area contributed by atoms with Gasteiger partial charge < -0.3 is 20.1 Å². The minimum atomic E-state index is -0.0857.